The summed E-state index contributed by atoms with van der Waals surface area (Å²) in [6, 6.07) is 12.8. The predicted molar refractivity (Wildman–Crippen MR) is 137 cm³/mol. The third-order valence-corrected chi connectivity index (χ3v) is 7.01. The van der Waals surface area contributed by atoms with Crippen molar-refractivity contribution in [3.05, 3.63) is 65.7 Å². The van der Waals surface area contributed by atoms with Gasteiger partial charge in [0, 0.05) is 26.1 Å². The number of nitrogens with zero attached hydrogens (tertiary/aromatic N) is 2. The number of carbonyl (C=O) groups excluding carboxylic acids is 2. The number of hydrogen-bond acceptors (Lipinski definition) is 4. The molecule has 1 atom stereocenters. The van der Waals surface area contributed by atoms with E-state index in [1.54, 1.807) is 6.92 Å². The second-order valence-corrected chi connectivity index (χ2v) is 10.7. The van der Waals surface area contributed by atoms with Crippen LogP contribution in [-0.2, 0) is 32.2 Å². The number of alkyl halides is 3. The maximum absolute atomic E-state index is 13.2. The summed E-state index contributed by atoms with van der Waals surface area (Å²) < 4.78 is 65.0. The first-order valence-electron chi connectivity index (χ1n) is 12.1. The number of amides is 2. The van der Waals surface area contributed by atoms with Crippen molar-refractivity contribution in [2.75, 3.05) is 30.2 Å². The van der Waals surface area contributed by atoms with Gasteiger partial charge >= 0.3 is 6.18 Å². The number of anilines is 1. The molecule has 11 heteroatoms. The Balaban J connectivity index is 2.14. The van der Waals surface area contributed by atoms with E-state index >= 15 is 0 Å². The molecule has 0 bridgehead atoms. The fourth-order valence-electron chi connectivity index (χ4n) is 3.81. The molecular weight excluding hydrogens is 507 g/mol. The molecule has 204 valence electrons. The van der Waals surface area contributed by atoms with E-state index < -0.39 is 27.8 Å². The van der Waals surface area contributed by atoms with E-state index in [4.69, 9.17) is 0 Å². The minimum Gasteiger partial charge on any atom is -0.354 e. The molecule has 0 radical (unpaired) electrons. The van der Waals surface area contributed by atoms with Crippen molar-refractivity contribution in [1.29, 1.82) is 0 Å². The summed E-state index contributed by atoms with van der Waals surface area (Å²) in [5.74, 6) is -0.627. The number of sulfonamides is 1. The highest BCUT2D eigenvalue weighted by atomic mass is 32.2. The van der Waals surface area contributed by atoms with Crippen LogP contribution in [0.2, 0.25) is 0 Å². The second kappa shape index (κ2) is 13.5. The van der Waals surface area contributed by atoms with Gasteiger partial charge in [0.15, 0.2) is 0 Å². The van der Waals surface area contributed by atoms with E-state index in [-0.39, 0.29) is 43.4 Å². The van der Waals surface area contributed by atoms with E-state index in [2.05, 4.69) is 5.32 Å². The van der Waals surface area contributed by atoms with Crippen molar-refractivity contribution in [3.8, 4) is 0 Å². The molecule has 2 rings (SSSR count). The first-order chi connectivity index (χ1) is 17.3. The predicted octanol–water partition coefficient (Wildman–Crippen LogP) is 4.24. The first kappa shape index (κ1) is 30.1. The minimum atomic E-state index is -4.62. The molecule has 0 saturated carbocycles. The van der Waals surface area contributed by atoms with Gasteiger partial charge in [-0.2, -0.15) is 13.2 Å². The summed E-state index contributed by atoms with van der Waals surface area (Å²) in [5, 5.41) is 2.79. The molecule has 1 N–H and O–H groups in total. The van der Waals surface area contributed by atoms with Gasteiger partial charge in [0.05, 0.1) is 17.5 Å². The summed E-state index contributed by atoms with van der Waals surface area (Å²) >= 11 is 0. The van der Waals surface area contributed by atoms with E-state index in [0.29, 0.717) is 13.0 Å². The van der Waals surface area contributed by atoms with Crippen LogP contribution in [-0.4, -0.2) is 57.1 Å². The van der Waals surface area contributed by atoms with Crippen LogP contribution in [0, 0.1) is 0 Å². The Bertz CT molecular complexity index is 1140. The number of rotatable bonds is 13. The normalized spacial score (nSPS) is 12.6. The Morgan fingerprint density at radius 2 is 1.70 bits per heavy atom. The Morgan fingerprint density at radius 3 is 2.30 bits per heavy atom. The fraction of sp³-hybridized carbons (Fsp3) is 0.462. The van der Waals surface area contributed by atoms with Gasteiger partial charge < -0.3 is 10.2 Å². The van der Waals surface area contributed by atoms with Crippen molar-refractivity contribution < 1.29 is 31.2 Å². The number of hydrogen-bond donors (Lipinski definition) is 1. The largest absolute Gasteiger partial charge is 0.416 e. The van der Waals surface area contributed by atoms with E-state index in [9.17, 15) is 31.2 Å². The van der Waals surface area contributed by atoms with E-state index in [1.807, 2.05) is 37.3 Å². The zero-order chi connectivity index (χ0) is 27.6. The zero-order valence-corrected chi connectivity index (χ0v) is 22.1. The number of halogens is 3. The van der Waals surface area contributed by atoms with E-state index in [1.165, 1.54) is 11.0 Å². The van der Waals surface area contributed by atoms with Crippen LogP contribution >= 0.6 is 0 Å². The van der Waals surface area contributed by atoms with Gasteiger partial charge in [0.25, 0.3) is 0 Å². The lowest BCUT2D eigenvalue weighted by molar-refractivity contribution is -0.139. The average molecular weight is 542 g/mol. The lowest BCUT2D eigenvalue weighted by Crippen LogP contribution is -2.49. The van der Waals surface area contributed by atoms with Gasteiger partial charge in [0.2, 0.25) is 21.8 Å². The lowest BCUT2D eigenvalue weighted by Gasteiger charge is -2.29. The Morgan fingerprint density at radius 1 is 1.03 bits per heavy atom. The van der Waals surface area contributed by atoms with Crippen molar-refractivity contribution in [1.82, 2.24) is 10.2 Å². The summed E-state index contributed by atoms with van der Waals surface area (Å²) in [6.07, 6.45) is -2.46. The third kappa shape index (κ3) is 9.38. The Hall–Kier alpha value is -3.08. The van der Waals surface area contributed by atoms with Crippen molar-refractivity contribution in [2.45, 2.75) is 51.7 Å². The van der Waals surface area contributed by atoms with E-state index in [0.717, 1.165) is 40.7 Å². The molecule has 0 heterocycles. The highest BCUT2D eigenvalue weighted by Gasteiger charge is 2.32. The van der Waals surface area contributed by atoms with Gasteiger partial charge in [-0.1, -0.05) is 43.3 Å². The van der Waals surface area contributed by atoms with Crippen molar-refractivity contribution in [3.63, 3.8) is 0 Å². The zero-order valence-electron chi connectivity index (χ0n) is 21.3. The quantitative estimate of drug-likeness (QED) is 0.411. The minimum absolute atomic E-state index is 0.0628. The van der Waals surface area contributed by atoms with Crippen molar-refractivity contribution >= 4 is 27.5 Å². The standard InChI is InChI=1S/C26H34F3N3O4S/c1-4-16-30-25(34)20(2)31(18-15-21-10-6-5-7-11-21)24(33)14-9-17-32(37(3,35)36)23-13-8-12-22(19-23)26(27,28)29/h5-8,10-13,19-20H,4,9,14-18H2,1-3H3,(H,30,34)/t20-/m0/s1. The van der Waals surface area contributed by atoms with Crippen LogP contribution in [0.15, 0.2) is 54.6 Å². The summed E-state index contributed by atoms with van der Waals surface area (Å²) in [4.78, 5) is 27.2. The third-order valence-electron chi connectivity index (χ3n) is 5.81. The monoisotopic (exact) mass is 541 g/mol. The molecule has 37 heavy (non-hydrogen) atoms. The highest BCUT2D eigenvalue weighted by Crippen LogP contribution is 2.32. The van der Waals surface area contributed by atoms with Crippen LogP contribution < -0.4 is 9.62 Å². The maximum atomic E-state index is 13.2. The van der Waals surface area contributed by atoms with Gasteiger partial charge in [-0.3, -0.25) is 13.9 Å². The van der Waals surface area contributed by atoms with Crippen LogP contribution in [0.3, 0.4) is 0 Å². The van der Waals surface area contributed by atoms with Gasteiger partial charge in [0.1, 0.15) is 6.04 Å². The molecule has 0 aliphatic heterocycles. The molecule has 0 saturated heterocycles. The molecule has 0 spiro atoms. The van der Waals surface area contributed by atoms with Crippen LogP contribution in [0.25, 0.3) is 0 Å². The number of carbonyl (C=O) groups is 2. The molecule has 0 fully saturated rings. The first-order valence-corrected chi connectivity index (χ1v) is 14.0. The average Bonchev–Trinajstić information content (AvgIpc) is 2.84. The molecule has 0 aromatic heterocycles. The summed E-state index contributed by atoms with van der Waals surface area (Å²) in [6.45, 7) is 4.13. The van der Waals surface area contributed by atoms with Crippen molar-refractivity contribution in [2.24, 2.45) is 0 Å². The highest BCUT2D eigenvalue weighted by molar-refractivity contribution is 7.92. The molecule has 2 amide bonds. The Labute approximate surface area is 216 Å². The molecule has 2 aromatic carbocycles. The molecule has 7 nitrogen and oxygen atoms in total. The SMILES string of the molecule is CCCNC(=O)[C@H](C)N(CCc1ccccc1)C(=O)CCCN(c1cccc(C(F)(F)F)c1)S(C)(=O)=O. The summed E-state index contributed by atoms with van der Waals surface area (Å²) in [7, 11) is -3.91. The smallest absolute Gasteiger partial charge is 0.354 e. The molecule has 0 unspecified atom stereocenters. The lowest BCUT2D eigenvalue weighted by atomic mass is 10.1. The van der Waals surface area contributed by atoms with Crippen LogP contribution in [0.1, 0.15) is 44.2 Å². The maximum Gasteiger partial charge on any atom is 0.416 e. The van der Waals surface area contributed by atoms with Gasteiger partial charge in [-0.15, -0.1) is 0 Å². The van der Waals surface area contributed by atoms with Crippen LogP contribution in [0.4, 0.5) is 18.9 Å². The second-order valence-electron chi connectivity index (χ2n) is 8.78. The molecular formula is C26H34F3N3O4S. The molecule has 0 aliphatic carbocycles. The topological polar surface area (TPSA) is 86.8 Å². The van der Waals surface area contributed by atoms with Gasteiger partial charge in [-0.25, -0.2) is 8.42 Å². The number of nitrogens with one attached hydrogen (secondary N) is 1. The van der Waals surface area contributed by atoms with Crippen LogP contribution in [0.5, 0.6) is 0 Å². The Kier molecular flexibility index (Phi) is 11.0. The number of benzene rings is 2. The fourth-order valence-corrected chi connectivity index (χ4v) is 4.76. The van der Waals surface area contributed by atoms with Gasteiger partial charge in [-0.05, 0) is 49.9 Å². The molecule has 0 aliphatic rings. The molecule has 2 aromatic rings. The summed E-state index contributed by atoms with van der Waals surface area (Å²) in [5.41, 5.74) is -0.0963.